The molecule has 0 unspecified atom stereocenters. The topological polar surface area (TPSA) is 24.5 Å². The Balaban J connectivity index is 0.00000210. The van der Waals surface area contributed by atoms with E-state index < -0.39 is 41.2 Å². The van der Waals surface area contributed by atoms with Crippen LogP contribution in [0.1, 0.15) is 17.2 Å². The van der Waals surface area contributed by atoms with Gasteiger partial charge >= 0.3 is 6.36 Å². The van der Waals surface area contributed by atoms with Crippen molar-refractivity contribution in [3.05, 3.63) is 65.0 Å². The van der Waals surface area contributed by atoms with E-state index in [4.69, 9.17) is 0 Å². The first-order valence-electron chi connectivity index (χ1n) is 8.20. The van der Waals surface area contributed by atoms with Gasteiger partial charge in [-0.25, -0.2) is 13.2 Å². The Morgan fingerprint density at radius 3 is 1.97 bits per heavy atom. The average Bonchev–Trinajstić information content (AvgIpc) is 2.62. The maximum atomic E-state index is 14.4. The summed E-state index contributed by atoms with van der Waals surface area (Å²) >= 11 is 0. The first-order valence-corrected chi connectivity index (χ1v) is 8.20. The van der Waals surface area contributed by atoms with Gasteiger partial charge in [0.15, 0.2) is 11.6 Å². The summed E-state index contributed by atoms with van der Waals surface area (Å²) < 4.78 is 83.4. The number of ether oxygens (including phenoxy) is 1. The van der Waals surface area contributed by atoms with E-state index in [0.29, 0.717) is 37.8 Å². The molecule has 1 heterocycles. The van der Waals surface area contributed by atoms with Gasteiger partial charge in [-0.2, -0.15) is 0 Å². The molecule has 0 bridgehead atoms. The molecule has 1 saturated heterocycles. The van der Waals surface area contributed by atoms with E-state index in [-0.39, 0.29) is 24.8 Å². The molecule has 1 aliphatic heterocycles. The molecular weight excluding hydrogens is 445 g/mol. The fourth-order valence-electron chi connectivity index (χ4n) is 3.15. The summed E-state index contributed by atoms with van der Waals surface area (Å²) in [5.41, 5.74) is -0.142. The number of hydrogen-bond donors (Lipinski definition) is 1. The van der Waals surface area contributed by atoms with Crippen molar-refractivity contribution in [3.8, 4) is 5.75 Å². The van der Waals surface area contributed by atoms with Crippen LogP contribution in [0.25, 0.3) is 0 Å². The summed E-state index contributed by atoms with van der Waals surface area (Å²) in [5.74, 6) is -3.88. The highest BCUT2D eigenvalue weighted by atomic mass is 35.5. The van der Waals surface area contributed by atoms with Gasteiger partial charge in [-0.05, 0) is 29.8 Å². The van der Waals surface area contributed by atoms with E-state index in [2.05, 4.69) is 10.1 Å². The van der Waals surface area contributed by atoms with Crippen LogP contribution in [-0.4, -0.2) is 37.4 Å². The Labute approximate surface area is 175 Å². The molecule has 0 aromatic heterocycles. The number of benzene rings is 2. The molecule has 0 radical (unpaired) electrons. The summed E-state index contributed by atoms with van der Waals surface area (Å²) in [6, 6.07) is 5.26. The minimum absolute atomic E-state index is 0. The first kappa shape index (κ1) is 25.4. The molecule has 1 fully saturated rings. The Morgan fingerprint density at radius 2 is 1.41 bits per heavy atom. The molecule has 1 aliphatic rings. The van der Waals surface area contributed by atoms with Gasteiger partial charge in [-0.3, -0.25) is 4.90 Å². The van der Waals surface area contributed by atoms with Crippen molar-refractivity contribution in [2.75, 3.05) is 26.2 Å². The van der Waals surface area contributed by atoms with Gasteiger partial charge in [0.2, 0.25) is 0 Å². The van der Waals surface area contributed by atoms with Crippen LogP contribution in [0.5, 0.6) is 5.75 Å². The van der Waals surface area contributed by atoms with Gasteiger partial charge in [0, 0.05) is 31.7 Å². The molecule has 3 nitrogen and oxygen atoms in total. The molecule has 2 aromatic carbocycles. The van der Waals surface area contributed by atoms with Gasteiger partial charge in [-0.15, -0.1) is 38.0 Å². The molecule has 3 rings (SSSR count). The highest BCUT2D eigenvalue weighted by molar-refractivity contribution is 5.85. The highest BCUT2D eigenvalue weighted by Gasteiger charge is 2.32. The lowest BCUT2D eigenvalue weighted by molar-refractivity contribution is -0.274. The number of nitrogens with zero attached hydrogens (tertiary/aromatic N) is 1. The van der Waals surface area contributed by atoms with Crippen molar-refractivity contribution in [1.29, 1.82) is 0 Å². The minimum Gasteiger partial charge on any atom is -0.406 e. The summed E-state index contributed by atoms with van der Waals surface area (Å²) in [7, 11) is 0. The Hall–Kier alpha value is -1.68. The smallest absolute Gasteiger partial charge is 0.406 e. The monoisotopic (exact) mass is 462 g/mol. The molecule has 2 aromatic rings. The van der Waals surface area contributed by atoms with E-state index in [1.165, 1.54) is 12.1 Å². The zero-order chi connectivity index (χ0) is 19.6. The van der Waals surface area contributed by atoms with Crippen molar-refractivity contribution >= 4 is 24.8 Å². The average molecular weight is 463 g/mol. The molecule has 0 spiro atoms. The van der Waals surface area contributed by atoms with Crippen LogP contribution >= 0.6 is 24.8 Å². The van der Waals surface area contributed by atoms with Crippen molar-refractivity contribution in [2.45, 2.75) is 12.4 Å². The van der Waals surface area contributed by atoms with E-state index >= 15 is 0 Å². The third kappa shape index (κ3) is 6.15. The van der Waals surface area contributed by atoms with Gasteiger partial charge in [0.05, 0.1) is 6.04 Å². The summed E-state index contributed by atoms with van der Waals surface area (Å²) in [6.45, 7) is 1.98. The Kier molecular flexibility index (Phi) is 9.08. The SMILES string of the molecule is Cl.Cl.Fc1ccc(F)c([C@H](c2ccc(OC(F)(F)F)cc2)N2CCNCC2)c1F. The van der Waals surface area contributed by atoms with Crippen LogP contribution in [0.3, 0.4) is 0 Å². The zero-order valence-electron chi connectivity index (χ0n) is 14.8. The summed E-state index contributed by atoms with van der Waals surface area (Å²) in [4.78, 5) is 1.75. The normalized spacial score (nSPS) is 15.8. The lowest BCUT2D eigenvalue weighted by atomic mass is 9.95. The number of alkyl halides is 3. The van der Waals surface area contributed by atoms with Crippen LogP contribution in [0.15, 0.2) is 36.4 Å². The summed E-state index contributed by atoms with van der Waals surface area (Å²) in [5, 5.41) is 3.10. The lowest BCUT2D eigenvalue weighted by Gasteiger charge is -2.35. The molecule has 0 saturated carbocycles. The van der Waals surface area contributed by atoms with Crippen LogP contribution in [0.2, 0.25) is 0 Å². The van der Waals surface area contributed by atoms with E-state index in [1.807, 2.05) is 0 Å². The quantitative estimate of drug-likeness (QED) is 0.519. The molecule has 11 heteroatoms. The van der Waals surface area contributed by atoms with Gasteiger partial charge in [0.1, 0.15) is 11.6 Å². The minimum atomic E-state index is -4.85. The van der Waals surface area contributed by atoms with E-state index in [1.54, 1.807) is 4.90 Å². The van der Waals surface area contributed by atoms with Crippen molar-refractivity contribution in [2.24, 2.45) is 0 Å². The molecule has 29 heavy (non-hydrogen) atoms. The van der Waals surface area contributed by atoms with Crippen LogP contribution < -0.4 is 10.1 Å². The lowest BCUT2D eigenvalue weighted by Crippen LogP contribution is -2.45. The zero-order valence-corrected chi connectivity index (χ0v) is 16.4. The third-order valence-corrected chi connectivity index (χ3v) is 4.30. The predicted octanol–water partition coefficient (Wildman–Crippen LogP) is 4.84. The van der Waals surface area contributed by atoms with Crippen molar-refractivity contribution in [1.82, 2.24) is 10.2 Å². The molecule has 1 atom stereocenters. The largest absolute Gasteiger partial charge is 0.573 e. The molecule has 162 valence electrons. The molecule has 1 N–H and O–H groups in total. The molecule has 0 amide bonds. The van der Waals surface area contributed by atoms with E-state index in [0.717, 1.165) is 18.2 Å². The van der Waals surface area contributed by atoms with Crippen LogP contribution in [-0.2, 0) is 0 Å². The maximum Gasteiger partial charge on any atom is 0.573 e. The maximum absolute atomic E-state index is 14.4. The van der Waals surface area contributed by atoms with Crippen LogP contribution in [0.4, 0.5) is 26.3 Å². The predicted molar refractivity (Wildman–Crippen MR) is 100 cm³/mol. The van der Waals surface area contributed by atoms with Crippen molar-refractivity contribution < 1.29 is 31.1 Å². The van der Waals surface area contributed by atoms with Crippen molar-refractivity contribution in [3.63, 3.8) is 0 Å². The second kappa shape index (κ2) is 10.4. The second-order valence-electron chi connectivity index (χ2n) is 6.06. The molecule has 0 aliphatic carbocycles. The highest BCUT2D eigenvalue weighted by Crippen LogP contribution is 2.35. The fourth-order valence-corrected chi connectivity index (χ4v) is 3.15. The Bertz CT molecular complexity index is 798. The number of hydrogen-bond acceptors (Lipinski definition) is 3. The Morgan fingerprint density at radius 1 is 0.862 bits per heavy atom. The number of nitrogens with one attached hydrogen (secondary N) is 1. The number of piperazine rings is 1. The van der Waals surface area contributed by atoms with Crippen LogP contribution in [0, 0.1) is 17.5 Å². The van der Waals surface area contributed by atoms with E-state index in [9.17, 15) is 26.3 Å². The van der Waals surface area contributed by atoms with Gasteiger partial charge in [0.25, 0.3) is 0 Å². The second-order valence-corrected chi connectivity index (χ2v) is 6.06. The standard InChI is InChI=1S/C18H16F6N2O.2ClH/c19-13-5-6-14(20)16(21)15(13)17(26-9-7-25-8-10-26)11-1-3-12(4-2-11)27-18(22,23)24;;/h1-6,17,25H,7-10H2;2*1H/t17-;;/m0../s1. The molecular formula is C18H18Cl2F6N2O. The number of halogens is 8. The van der Waals surface area contributed by atoms with Gasteiger partial charge in [-0.1, -0.05) is 12.1 Å². The first-order chi connectivity index (χ1) is 12.8. The fraction of sp³-hybridized carbons (Fsp3) is 0.333. The summed E-state index contributed by atoms with van der Waals surface area (Å²) in [6.07, 6.45) is -4.85. The van der Waals surface area contributed by atoms with Gasteiger partial charge < -0.3 is 10.1 Å². The number of rotatable bonds is 4. The third-order valence-electron chi connectivity index (χ3n) is 4.30.